The van der Waals surface area contributed by atoms with Crippen molar-refractivity contribution in [1.82, 2.24) is 0 Å². The van der Waals surface area contributed by atoms with Crippen molar-refractivity contribution in [2.75, 3.05) is 13.2 Å². The van der Waals surface area contributed by atoms with Crippen LogP contribution in [0.5, 0.6) is 0 Å². The normalized spacial score (nSPS) is 42.6. The molecule has 0 radical (unpaired) electrons. The summed E-state index contributed by atoms with van der Waals surface area (Å²) in [7, 11) is 0. The lowest BCUT2D eigenvalue weighted by atomic mass is 9.64. The van der Waals surface area contributed by atoms with E-state index in [4.69, 9.17) is 14.2 Å². The van der Waals surface area contributed by atoms with Gasteiger partial charge in [-0.3, -0.25) is 0 Å². The lowest BCUT2D eigenvalue weighted by Crippen LogP contribution is -2.40. The van der Waals surface area contributed by atoms with Crippen molar-refractivity contribution in [3.63, 3.8) is 0 Å². The summed E-state index contributed by atoms with van der Waals surface area (Å²) in [6.45, 7) is 13.8. The van der Waals surface area contributed by atoms with E-state index in [-0.39, 0.29) is 16.6 Å². The fourth-order valence-corrected chi connectivity index (χ4v) is 3.22. The summed E-state index contributed by atoms with van der Waals surface area (Å²) in [6, 6.07) is 0. The molecule has 0 amide bonds. The van der Waals surface area contributed by atoms with Gasteiger partial charge in [-0.15, -0.1) is 0 Å². The second-order valence-corrected chi connectivity index (χ2v) is 6.47. The number of hydrogen-bond acceptors (Lipinski definition) is 3. The summed E-state index contributed by atoms with van der Waals surface area (Å²) in [5, 5.41) is 0. The Morgan fingerprint density at radius 3 is 2.37 bits per heavy atom. The van der Waals surface area contributed by atoms with Gasteiger partial charge in [0.1, 0.15) is 11.2 Å². The first-order valence-corrected chi connectivity index (χ1v) is 6.82. The lowest BCUT2D eigenvalue weighted by Gasteiger charge is -2.36. The van der Waals surface area contributed by atoms with Crippen LogP contribution in [0.15, 0.2) is 36.5 Å². The topological polar surface area (TPSA) is 31.0 Å². The standard InChI is InChI=1S/C16H22O3/c1-12-6-7-14(4)16(19-14,13(12,2)3)9-8-15(5)17-10-11-18-15/h6-9H,1,10-11H2,2-5H3/b9-8+. The molecule has 0 aromatic rings. The number of rotatable bonds is 2. The first kappa shape index (κ1) is 13.1. The highest BCUT2D eigenvalue weighted by Gasteiger charge is 2.73. The maximum absolute atomic E-state index is 6.10. The molecule has 2 fully saturated rings. The summed E-state index contributed by atoms with van der Waals surface area (Å²) in [4.78, 5) is 0. The number of fused-ring (bicyclic) bond motifs is 1. The molecule has 2 atom stereocenters. The number of hydrogen-bond donors (Lipinski definition) is 0. The average molecular weight is 262 g/mol. The van der Waals surface area contributed by atoms with Gasteiger partial charge in [0.25, 0.3) is 0 Å². The quantitative estimate of drug-likeness (QED) is 0.566. The predicted molar refractivity (Wildman–Crippen MR) is 73.7 cm³/mol. The van der Waals surface area contributed by atoms with E-state index in [1.807, 2.05) is 13.0 Å². The third kappa shape index (κ3) is 1.62. The second kappa shape index (κ2) is 3.60. The van der Waals surface area contributed by atoms with E-state index in [0.717, 1.165) is 5.57 Å². The zero-order valence-electron chi connectivity index (χ0n) is 12.2. The minimum Gasteiger partial charge on any atom is -0.353 e. The van der Waals surface area contributed by atoms with Crippen LogP contribution in [-0.4, -0.2) is 30.2 Å². The molecule has 3 heteroatoms. The molecular weight excluding hydrogens is 240 g/mol. The molecule has 2 unspecified atom stereocenters. The number of ether oxygens (including phenoxy) is 3. The molecule has 3 nitrogen and oxygen atoms in total. The van der Waals surface area contributed by atoms with Gasteiger partial charge in [0.15, 0.2) is 5.79 Å². The highest BCUT2D eigenvalue weighted by molar-refractivity contribution is 5.48. The molecule has 0 N–H and O–H groups in total. The molecule has 104 valence electrons. The molecule has 2 heterocycles. The van der Waals surface area contributed by atoms with Gasteiger partial charge in [-0.25, -0.2) is 0 Å². The van der Waals surface area contributed by atoms with Gasteiger partial charge in [-0.05, 0) is 37.6 Å². The molecule has 0 bridgehead atoms. The molecule has 19 heavy (non-hydrogen) atoms. The molecule has 0 aromatic carbocycles. The Morgan fingerprint density at radius 2 is 1.74 bits per heavy atom. The monoisotopic (exact) mass is 262 g/mol. The molecule has 3 aliphatic rings. The molecule has 2 saturated heterocycles. The SMILES string of the molecule is C=C1C=CC2(C)OC2(/C=C/C2(C)OCCO2)C1(C)C. The predicted octanol–water partition coefficient (Wildman–Crippen LogP) is 2.99. The van der Waals surface area contributed by atoms with Crippen LogP contribution >= 0.6 is 0 Å². The van der Waals surface area contributed by atoms with Crippen molar-refractivity contribution in [3.8, 4) is 0 Å². The molecular formula is C16H22O3. The largest absolute Gasteiger partial charge is 0.353 e. The Kier molecular flexibility index (Phi) is 2.48. The van der Waals surface area contributed by atoms with Crippen molar-refractivity contribution >= 4 is 0 Å². The van der Waals surface area contributed by atoms with Gasteiger partial charge >= 0.3 is 0 Å². The van der Waals surface area contributed by atoms with Gasteiger partial charge in [0, 0.05) is 5.41 Å². The number of epoxide rings is 1. The van der Waals surface area contributed by atoms with Crippen LogP contribution in [0.2, 0.25) is 0 Å². The molecule has 0 saturated carbocycles. The van der Waals surface area contributed by atoms with Crippen LogP contribution < -0.4 is 0 Å². The van der Waals surface area contributed by atoms with Crippen molar-refractivity contribution in [2.24, 2.45) is 5.41 Å². The summed E-state index contributed by atoms with van der Waals surface area (Å²) >= 11 is 0. The summed E-state index contributed by atoms with van der Waals surface area (Å²) in [5.41, 5.74) is 0.362. The Bertz CT molecular complexity index is 482. The molecule has 0 spiro atoms. The Labute approximate surface area is 114 Å². The van der Waals surface area contributed by atoms with Crippen molar-refractivity contribution in [3.05, 3.63) is 36.5 Å². The zero-order valence-corrected chi connectivity index (χ0v) is 12.2. The van der Waals surface area contributed by atoms with Gasteiger partial charge < -0.3 is 14.2 Å². The van der Waals surface area contributed by atoms with E-state index in [1.54, 1.807) is 0 Å². The maximum Gasteiger partial charge on any atom is 0.185 e. The van der Waals surface area contributed by atoms with E-state index >= 15 is 0 Å². The Balaban J connectivity index is 1.94. The third-order valence-corrected chi connectivity index (χ3v) is 4.88. The second-order valence-electron chi connectivity index (χ2n) is 6.47. The average Bonchev–Trinajstić information content (AvgIpc) is 2.74. The maximum atomic E-state index is 6.10. The van der Waals surface area contributed by atoms with Crippen LogP contribution in [0.4, 0.5) is 0 Å². The van der Waals surface area contributed by atoms with Crippen LogP contribution in [0.3, 0.4) is 0 Å². The first-order valence-electron chi connectivity index (χ1n) is 6.82. The molecule has 2 aliphatic heterocycles. The van der Waals surface area contributed by atoms with Gasteiger partial charge in [-0.2, -0.15) is 0 Å². The van der Waals surface area contributed by atoms with Crippen LogP contribution in [0.1, 0.15) is 27.7 Å². The number of allylic oxidation sites excluding steroid dienone is 1. The van der Waals surface area contributed by atoms with E-state index in [9.17, 15) is 0 Å². The van der Waals surface area contributed by atoms with E-state index in [2.05, 4.69) is 45.6 Å². The van der Waals surface area contributed by atoms with Crippen LogP contribution in [0, 0.1) is 5.41 Å². The van der Waals surface area contributed by atoms with Crippen molar-refractivity contribution < 1.29 is 14.2 Å². The lowest BCUT2D eigenvalue weighted by molar-refractivity contribution is -0.100. The molecule has 1 aliphatic carbocycles. The van der Waals surface area contributed by atoms with Crippen LogP contribution in [-0.2, 0) is 14.2 Å². The first-order chi connectivity index (χ1) is 8.75. The third-order valence-electron chi connectivity index (χ3n) is 4.88. The molecule has 3 rings (SSSR count). The van der Waals surface area contributed by atoms with Gasteiger partial charge in [0.2, 0.25) is 0 Å². The highest BCUT2D eigenvalue weighted by Crippen LogP contribution is 2.65. The Morgan fingerprint density at radius 1 is 1.11 bits per heavy atom. The minimum absolute atomic E-state index is 0.137. The Hall–Kier alpha value is -0.900. The van der Waals surface area contributed by atoms with E-state index in [0.29, 0.717) is 13.2 Å². The highest BCUT2D eigenvalue weighted by atomic mass is 16.7. The van der Waals surface area contributed by atoms with Crippen LogP contribution in [0.25, 0.3) is 0 Å². The van der Waals surface area contributed by atoms with E-state index in [1.165, 1.54) is 0 Å². The molecule has 0 aromatic heterocycles. The fraction of sp³-hybridized carbons (Fsp3) is 0.625. The summed E-state index contributed by atoms with van der Waals surface area (Å²) < 4.78 is 17.3. The fourth-order valence-electron chi connectivity index (χ4n) is 3.22. The van der Waals surface area contributed by atoms with Crippen molar-refractivity contribution in [2.45, 2.75) is 44.7 Å². The summed E-state index contributed by atoms with van der Waals surface area (Å²) in [6.07, 6.45) is 8.26. The van der Waals surface area contributed by atoms with Crippen molar-refractivity contribution in [1.29, 1.82) is 0 Å². The van der Waals surface area contributed by atoms with Gasteiger partial charge in [-0.1, -0.05) is 26.5 Å². The van der Waals surface area contributed by atoms with E-state index < -0.39 is 5.79 Å². The van der Waals surface area contributed by atoms with Gasteiger partial charge in [0.05, 0.1) is 13.2 Å². The minimum atomic E-state index is -0.625. The summed E-state index contributed by atoms with van der Waals surface area (Å²) in [5.74, 6) is -0.625. The zero-order chi connectivity index (χ0) is 13.9. The smallest absolute Gasteiger partial charge is 0.185 e.